The zero-order valence-electron chi connectivity index (χ0n) is 10.7. The van der Waals surface area contributed by atoms with Gasteiger partial charge in [-0.1, -0.05) is 0 Å². The van der Waals surface area contributed by atoms with Crippen LogP contribution in [-0.4, -0.2) is 49.5 Å². The molecule has 0 aromatic rings. The number of hydrogen-bond acceptors (Lipinski definition) is 4. The van der Waals surface area contributed by atoms with Crippen molar-refractivity contribution in [1.29, 1.82) is 5.26 Å². The average Bonchev–Trinajstić information content (AvgIpc) is 2.29. The summed E-state index contributed by atoms with van der Waals surface area (Å²) >= 11 is 0. The first-order valence-electron chi connectivity index (χ1n) is 5.73. The predicted molar refractivity (Wildman–Crippen MR) is 62.1 cm³/mol. The monoisotopic (exact) mass is 226 g/mol. The molecule has 0 spiro atoms. The molecule has 1 aliphatic rings. The van der Waals surface area contributed by atoms with Crippen molar-refractivity contribution in [2.24, 2.45) is 0 Å². The zero-order valence-corrected chi connectivity index (χ0v) is 10.7. The first kappa shape index (κ1) is 13.4. The molecule has 0 radical (unpaired) electrons. The lowest BCUT2D eigenvalue weighted by Crippen LogP contribution is -2.53. The van der Waals surface area contributed by atoms with Gasteiger partial charge in [0.05, 0.1) is 24.9 Å². The van der Waals surface area contributed by atoms with Gasteiger partial charge in [0.15, 0.2) is 0 Å². The summed E-state index contributed by atoms with van der Waals surface area (Å²) in [7, 11) is 1.69. The molecule has 0 amide bonds. The summed E-state index contributed by atoms with van der Waals surface area (Å²) in [4.78, 5) is 2.19. The Bertz CT molecular complexity index is 267. The molecule has 0 saturated carbocycles. The van der Waals surface area contributed by atoms with E-state index >= 15 is 0 Å². The van der Waals surface area contributed by atoms with Crippen LogP contribution in [0.1, 0.15) is 27.2 Å². The molecule has 0 aliphatic carbocycles. The molecular formula is C12H22N2O2. The van der Waals surface area contributed by atoms with Gasteiger partial charge in [0, 0.05) is 26.6 Å². The molecule has 16 heavy (non-hydrogen) atoms. The van der Waals surface area contributed by atoms with Crippen molar-refractivity contribution in [1.82, 2.24) is 4.90 Å². The molecule has 1 unspecified atom stereocenters. The third-order valence-corrected chi connectivity index (χ3v) is 3.27. The van der Waals surface area contributed by atoms with E-state index in [0.717, 1.165) is 13.1 Å². The van der Waals surface area contributed by atoms with E-state index in [9.17, 15) is 5.26 Å². The number of ether oxygens (including phenoxy) is 2. The summed E-state index contributed by atoms with van der Waals surface area (Å²) in [5.41, 5.74) is -0.744. The maximum Gasteiger partial charge on any atom is 0.109 e. The largest absolute Gasteiger partial charge is 0.379 e. The smallest absolute Gasteiger partial charge is 0.109 e. The number of nitrogens with zero attached hydrogens (tertiary/aromatic N) is 2. The number of morpholine rings is 1. The Labute approximate surface area is 98.1 Å². The molecule has 0 N–H and O–H groups in total. The second-order valence-electron chi connectivity index (χ2n) is 5.13. The lowest BCUT2D eigenvalue weighted by atomic mass is 9.87. The van der Waals surface area contributed by atoms with Crippen LogP contribution in [0.2, 0.25) is 0 Å². The molecule has 92 valence electrons. The molecule has 0 aromatic carbocycles. The third kappa shape index (κ3) is 3.18. The Morgan fingerprint density at radius 2 is 1.88 bits per heavy atom. The molecular weight excluding hydrogens is 204 g/mol. The first-order chi connectivity index (χ1) is 7.43. The Morgan fingerprint density at radius 3 is 2.31 bits per heavy atom. The van der Waals surface area contributed by atoms with Gasteiger partial charge in [0.1, 0.15) is 5.54 Å². The second-order valence-corrected chi connectivity index (χ2v) is 5.13. The molecule has 1 saturated heterocycles. The zero-order chi connectivity index (χ0) is 12.2. The van der Waals surface area contributed by atoms with E-state index < -0.39 is 5.54 Å². The SMILES string of the molecule is COC(C)(C)CC(C)(C#N)N1CCOCC1. The predicted octanol–water partition coefficient (Wildman–Crippen LogP) is 1.42. The molecule has 0 aromatic heterocycles. The van der Waals surface area contributed by atoms with Crippen LogP contribution < -0.4 is 0 Å². The van der Waals surface area contributed by atoms with E-state index in [1.54, 1.807) is 7.11 Å². The van der Waals surface area contributed by atoms with E-state index in [0.29, 0.717) is 19.6 Å². The van der Waals surface area contributed by atoms with Crippen LogP contribution in [0.4, 0.5) is 0 Å². The molecule has 1 aliphatic heterocycles. The summed E-state index contributed by atoms with van der Waals surface area (Å²) in [6.45, 7) is 9.09. The van der Waals surface area contributed by atoms with E-state index in [1.165, 1.54) is 0 Å². The van der Waals surface area contributed by atoms with E-state index in [4.69, 9.17) is 9.47 Å². The fourth-order valence-corrected chi connectivity index (χ4v) is 2.18. The number of rotatable bonds is 4. The fraction of sp³-hybridized carbons (Fsp3) is 0.917. The minimum Gasteiger partial charge on any atom is -0.379 e. The van der Waals surface area contributed by atoms with Crippen molar-refractivity contribution >= 4 is 0 Å². The van der Waals surface area contributed by atoms with Gasteiger partial charge in [-0.2, -0.15) is 5.26 Å². The highest BCUT2D eigenvalue weighted by Gasteiger charge is 2.38. The van der Waals surface area contributed by atoms with Gasteiger partial charge in [-0.05, 0) is 20.8 Å². The average molecular weight is 226 g/mol. The molecule has 1 fully saturated rings. The molecule has 0 bridgehead atoms. The maximum atomic E-state index is 9.41. The minimum atomic E-state index is -0.469. The summed E-state index contributed by atoms with van der Waals surface area (Å²) in [5.74, 6) is 0. The van der Waals surface area contributed by atoms with Crippen LogP contribution in [0.3, 0.4) is 0 Å². The van der Waals surface area contributed by atoms with Crippen LogP contribution in [-0.2, 0) is 9.47 Å². The lowest BCUT2D eigenvalue weighted by molar-refractivity contribution is -0.0481. The molecule has 4 heteroatoms. The van der Waals surface area contributed by atoms with Gasteiger partial charge in [0.2, 0.25) is 0 Å². The lowest BCUT2D eigenvalue weighted by Gasteiger charge is -2.42. The number of hydrogen-bond donors (Lipinski definition) is 0. The van der Waals surface area contributed by atoms with Crippen molar-refractivity contribution in [3.05, 3.63) is 0 Å². The van der Waals surface area contributed by atoms with Gasteiger partial charge in [0.25, 0.3) is 0 Å². The van der Waals surface area contributed by atoms with Crippen LogP contribution >= 0.6 is 0 Å². The van der Waals surface area contributed by atoms with E-state index in [1.807, 2.05) is 20.8 Å². The van der Waals surface area contributed by atoms with Gasteiger partial charge in [-0.25, -0.2) is 0 Å². The third-order valence-electron chi connectivity index (χ3n) is 3.27. The first-order valence-corrected chi connectivity index (χ1v) is 5.73. The fourth-order valence-electron chi connectivity index (χ4n) is 2.18. The molecule has 1 rings (SSSR count). The Balaban J connectivity index is 2.72. The van der Waals surface area contributed by atoms with Crippen LogP contribution in [0, 0.1) is 11.3 Å². The highest BCUT2D eigenvalue weighted by molar-refractivity contribution is 5.08. The normalized spacial score (nSPS) is 22.4. The topological polar surface area (TPSA) is 45.5 Å². The van der Waals surface area contributed by atoms with Gasteiger partial charge in [-0.15, -0.1) is 0 Å². The maximum absolute atomic E-state index is 9.41. The summed E-state index contributed by atoms with van der Waals surface area (Å²) in [6.07, 6.45) is 0.701. The van der Waals surface area contributed by atoms with Crippen molar-refractivity contribution in [3.8, 4) is 6.07 Å². The van der Waals surface area contributed by atoms with Crippen molar-refractivity contribution < 1.29 is 9.47 Å². The van der Waals surface area contributed by atoms with Crippen molar-refractivity contribution in [2.45, 2.75) is 38.3 Å². The van der Waals surface area contributed by atoms with Gasteiger partial charge in [-0.3, -0.25) is 4.90 Å². The number of nitriles is 1. The molecule has 1 heterocycles. The highest BCUT2D eigenvalue weighted by atomic mass is 16.5. The highest BCUT2D eigenvalue weighted by Crippen LogP contribution is 2.28. The summed E-state index contributed by atoms with van der Waals surface area (Å²) < 4.78 is 10.7. The van der Waals surface area contributed by atoms with Gasteiger partial charge < -0.3 is 9.47 Å². The second kappa shape index (κ2) is 5.13. The molecule has 4 nitrogen and oxygen atoms in total. The summed E-state index contributed by atoms with van der Waals surface area (Å²) in [5, 5.41) is 9.41. The van der Waals surface area contributed by atoms with E-state index in [2.05, 4.69) is 11.0 Å². The number of methoxy groups -OCH3 is 1. The quantitative estimate of drug-likeness (QED) is 0.727. The van der Waals surface area contributed by atoms with Crippen LogP contribution in [0.15, 0.2) is 0 Å². The summed E-state index contributed by atoms with van der Waals surface area (Å²) in [6, 6.07) is 2.43. The van der Waals surface area contributed by atoms with Crippen LogP contribution in [0.5, 0.6) is 0 Å². The standard InChI is InChI=1S/C12H22N2O2/c1-11(2,15-4)9-12(3,10-13)14-5-7-16-8-6-14/h5-9H2,1-4H3. The van der Waals surface area contributed by atoms with Crippen LogP contribution in [0.25, 0.3) is 0 Å². The van der Waals surface area contributed by atoms with Crippen molar-refractivity contribution in [3.63, 3.8) is 0 Å². The van der Waals surface area contributed by atoms with Gasteiger partial charge >= 0.3 is 0 Å². The Kier molecular flexibility index (Phi) is 4.31. The Morgan fingerprint density at radius 1 is 1.31 bits per heavy atom. The molecule has 1 atom stereocenters. The van der Waals surface area contributed by atoms with E-state index in [-0.39, 0.29) is 5.60 Å². The van der Waals surface area contributed by atoms with Crippen molar-refractivity contribution in [2.75, 3.05) is 33.4 Å². The Hall–Kier alpha value is -0.630. The minimum absolute atomic E-state index is 0.275.